The highest BCUT2D eigenvalue weighted by Gasteiger charge is 2.20. The standard InChI is InChI=1S/C13H15ClN2/c1-8-5-6-10-9(7-8)11(13(2,3)4)16-12(14)15-10/h5-7H,1-4H3. The Morgan fingerprint density at radius 3 is 2.44 bits per heavy atom. The van der Waals surface area contributed by atoms with E-state index in [1.165, 1.54) is 5.56 Å². The zero-order chi connectivity index (χ0) is 11.9. The maximum Gasteiger partial charge on any atom is 0.223 e. The molecule has 0 bridgehead atoms. The lowest BCUT2D eigenvalue weighted by Crippen LogP contribution is -2.15. The third kappa shape index (κ3) is 2.03. The fourth-order valence-corrected chi connectivity index (χ4v) is 1.96. The molecule has 0 N–H and O–H groups in total. The van der Waals surface area contributed by atoms with Crippen LogP contribution in [0, 0.1) is 6.92 Å². The van der Waals surface area contributed by atoms with Crippen LogP contribution in [-0.2, 0) is 5.41 Å². The van der Waals surface area contributed by atoms with E-state index in [0.29, 0.717) is 5.28 Å². The minimum absolute atomic E-state index is 0.0291. The van der Waals surface area contributed by atoms with Gasteiger partial charge in [-0.25, -0.2) is 9.97 Å². The van der Waals surface area contributed by atoms with Crippen LogP contribution < -0.4 is 0 Å². The first-order valence-corrected chi connectivity index (χ1v) is 5.70. The number of rotatable bonds is 0. The monoisotopic (exact) mass is 234 g/mol. The average Bonchev–Trinajstić information content (AvgIpc) is 2.16. The molecule has 1 aromatic carbocycles. The Morgan fingerprint density at radius 1 is 1.12 bits per heavy atom. The Balaban J connectivity index is 2.85. The topological polar surface area (TPSA) is 25.8 Å². The van der Waals surface area contributed by atoms with Gasteiger partial charge in [0, 0.05) is 10.8 Å². The molecule has 3 heteroatoms. The number of nitrogens with zero attached hydrogens (tertiary/aromatic N) is 2. The maximum atomic E-state index is 5.95. The molecule has 0 spiro atoms. The van der Waals surface area contributed by atoms with Gasteiger partial charge in [0.1, 0.15) is 0 Å². The molecule has 0 aliphatic rings. The molecule has 0 saturated carbocycles. The van der Waals surface area contributed by atoms with Crippen LogP contribution in [0.25, 0.3) is 10.9 Å². The number of aryl methyl sites for hydroxylation is 1. The summed E-state index contributed by atoms with van der Waals surface area (Å²) in [4.78, 5) is 8.61. The fourth-order valence-electron chi connectivity index (χ4n) is 1.79. The van der Waals surface area contributed by atoms with Gasteiger partial charge in [0.05, 0.1) is 11.2 Å². The van der Waals surface area contributed by atoms with E-state index in [9.17, 15) is 0 Å². The van der Waals surface area contributed by atoms with Gasteiger partial charge in [0.15, 0.2) is 0 Å². The van der Waals surface area contributed by atoms with Gasteiger partial charge in [-0.1, -0.05) is 32.4 Å². The molecule has 0 atom stereocenters. The lowest BCUT2D eigenvalue weighted by atomic mass is 9.89. The van der Waals surface area contributed by atoms with E-state index in [1.807, 2.05) is 12.1 Å². The van der Waals surface area contributed by atoms with Crippen LogP contribution in [0.15, 0.2) is 18.2 Å². The third-order valence-corrected chi connectivity index (χ3v) is 2.70. The molecule has 16 heavy (non-hydrogen) atoms. The quantitative estimate of drug-likeness (QED) is 0.647. The van der Waals surface area contributed by atoms with Crippen LogP contribution >= 0.6 is 11.6 Å². The van der Waals surface area contributed by atoms with Gasteiger partial charge in [0.2, 0.25) is 5.28 Å². The fraction of sp³-hybridized carbons (Fsp3) is 0.385. The molecule has 0 aliphatic carbocycles. The van der Waals surface area contributed by atoms with Gasteiger partial charge in [-0.05, 0) is 30.7 Å². The summed E-state index contributed by atoms with van der Waals surface area (Å²) >= 11 is 5.95. The molecular weight excluding hydrogens is 220 g/mol. The van der Waals surface area contributed by atoms with Crippen LogP contribution in [0.5, 0.6) is 0 Å². The van der Waals surface area contributed by atoms with Gasteiger partial charge in [0.25, 0.3) is 0 Å². The summed E-state index contributed by atoms with van der Waals surface area (Å²) in [5.74, 6) is 0. The highest BCUT2D eigenvalue weighted by atomic mass is 35.5. The second-order valence-corrected chi connectivity index (χ2v) is 5.45. The van der Waals surface area contributed by atoms with E-state index < -0.39 is 0 Å². The summed E-state index contributed by atoms with van der Waals surface area (Å²) in [6.45, 7) is 8.47. The molecule has 0 aliphatic heterocycles. The largest absolute Gasteiger partial charge is 0.223 e. The number of halogens is 1. The Bertz CT molecular complexity index is 541. The Hall–Kier alpha value is -1.15. The summed E-state index contributed by atoms with van der Waals surface area (Å²) < 4.78 is 0. The number of aromatic nitrogens is 2. The van der Waals surface area contributed by atoms with E-state index in [1.54, 1.807) is 0 Å². The highest BCUT2D eigenvalue weighted by molar-refractivity contribution is 6.28. The van der Waals surface area contributed by atoms with Crippen molar-refractivity contribution in [2.45, 2.75) is 33.1 Å². The minimum Gasteiger partial charge on any atom is -0.222 e. The number of hydrogen-bond donors (Lipinski definition) is 0. The van der Waals surface area contributed by atoms with Gasteiger partial charge in [-0.15, -0.1) is 0 Å². The first-order chi connectivity index (χ1) is 7.38. The predicted molar refractivity (Wildman–Crippen MR) is 68.0 cm³/mol. The SMILES string of the molecule is Cc1ccc2nc(Cl)nc(C(C)(C)C)c2c1. The van der Waals surface area contributed by atoms with Crippen molar-refractivity contribution in [3.63, 3.8) is 0 Å². The summed E-state index contributed by atoms with van der Waals surface area (Å²) in [7, 11) is 0. The van der Waals surface area contributed by atoms with Crippen LogP contribution in [0.1, 0.15) is 32.0 Å². The summed E-state index contributed by atoms with van der Waals surface area (Å²) in [5.41, 5.74) is 3.10. The van der Waals surface area contributed by atoms with Crippen molar-refractivity contribution >= 4 is 22.5 Å². The van der Waals surface area contributed by atoms with Crippen molar-refractivity contribution in [2.75, 3.05) is 0 Å². The molecular formula is C13H15ClN2. The zero-order valence-corrected chi connectivity index (χ0v) is 10.8. The van der Waals surface area contributed by atoms with E-state index >= 15 is 0 Å². The molecule has 2 rings (SSSR count). The highest BCUT2D eigenvalue weighted by Crippen LogP contribution is 2.29. The van der Waals surface area contributed by atoms with Gasteiger partial charge in [-0.2, -0.15) is 0 Å². The number of hydrogen-bond acceptors (Lipinski definition) is 2. The van der Waals surface area contributed by atoms with Crippen LogP contribution in [-0.4, -0.2) is 9.97 Å². The summed E-state index contributed by atoms with van der Waals surface area (Å²) in [6.07, 6.45) is 0. The van der Waals surface area contributed by atoms with Crippen molar-refractivity contribution in [1.82, 2.24) is 9.97 Å². The smallest absolute Gasteiger partial charge is 0.222 e. The lowest BCUT2D eigenvalue weighted by molar-refractivity contribution is 0.574. The Morgan fingerprint density at radius 2 is 1.81 bits per heavy atom. The summed E-state index contributed by atoms with van der Waals surface area (Å²) in [6, 6.07) is 6.15. The molecule has 1 aromatic heterocycles. The van der Waals surface area contributed by atoms with Crippen molar-refractivity contribution in [3.05, 3.63) is 34.7 Å². The molecule has 0 unspecified atom stereocenters. The maximum absolute atomic E-state index is 5.95. The number of benzene rings is 1. The second-order valence-electron chi connectivity index (χ2n) is 5.11. The number of fused-ring (bicyclic) bond motifs is 1. The lowest BCUT2D eigenvalue weighted by Gasteiger charge is -2.20. The summed E-state index contributed by atoms with van der Waals surface area (Å²) in [5, 5.41) is 1.41. The molecule has 0 radical (unpaired) electrons. The van der Waals surface area contributed by atoms with E-state index in [2.05, 4.69) is 43.7 Å². The molecule has 84 valence electrons. The van der Waals surface area contributed by atoms with Crippen LogP contribution in [0.3, 0.4) is 0 Å². The molecule has 2 nitrogen and oxygen atoms in total. The van der Waals surface area contributed by atoms with Crippen LogP contribution in [0.2, 0.25) is 5.28 Å². The van der Waals surface area contributed by atoms with Crippen molar-refractivity contribution in [1.29, 1.82) is 0 Å². The van der Waals surface area contributed by atoms with Crippen molar-refractivity contribution < 1.29 is 0 Å². The third-order valence-electron chi connectivity index (χ3n) is 2.53. The average molecular weight is 235 g/mol. The van der Waals surface area contributed by atoms with Crippen molar-refractivity contribution in [3.8, 4) is 0 Å². The zero-order valence-electron chi connectivity index (χ0n) is 10.0. The normalized spacial score (nSPS) is 12.1. The minimum atomic E-state index is -0.0291. The molecule has 0 amide bonds. The first-order valence-electron chi connectivity index (χ1n) is 5.32. The second kappa shape index (κ2) is 3.70. The van der Waals surface area contributed by atoms with E-state index in [-0.39, 0.29) is 5.41 Å². The first kappa shape index (κ1) is 11.3. The molecule has 0 saturated heterocycles. The predicted octanol–water partition coefficient (Wildman–Crippen LogP) is 3.89. The van der Waals surface area contributed by atoms with Crippen molar-refractivity contribution in [2.24, 2.45) is 0 Å². The van der Waals surface area contributed by atoms with Gasteiger partial charge < -0.3 is 0 Å². The van der Waals surface area contributed by atoms with Gasteiger partial charge in [-0.3, -0.25) is 0 Å². The molecule has 1 heterocycles. The molecule has 2 aromatic rings. The Labute approximate surface area is 101 Å². The molecule has 0 fully saturated rings. The van der Waals surface area contributed by atoms with Crippen LogP contribution in [0.4, 0.5) is 0 Å². The van der Waals surface area contributed by atoms with E-state index in [0.717, 1.165) is 16.6 Å². The van der Waals surface area contributed by atoms with Gasteiger partial charge >= 0.3 is 0 Å². The Kier molecular flexibility index (Phi) is 2.62. The van der Waals surface area contributed by atoms with E-state index in [4.69, 9.17) is 11.6 Å².